The van der Waals surface area contributed by atoms with E-state index in [2.05, 4.69) is 14.1 Å². The molecule has 0 aliphatic heterocycles. The number of nitrogens with zero attached hydrogens (tertiary/aromatic N) is 2. The molecule has 1 heterocycles. The van der Waals surface area contributed by atoms with Gasteiger partial charge in [0.15, 0.2) is 5.69 Å². The van der Waals surface area contributed by atoms with E-state index >= 15 is 0 Å². The Morgan fingerprint density at radius 1 is 1.65 bits per heavy atom. The highest BCUT2D eigenvalue weighted by molar-refractivity contribution is 6.99. The van der Waals surface area contributed by atoms with Gasteiger partial charge < -0.3 is 15.2 Å². The number of carboxylic acids is 1. The van der Waals surface area contributed by atoms with Gasteiger partial charge >= 0.3 is 5.97 Å². The topological polar surface area (TPSA) is 101 Å². The maximum atomic E-state index is 11.6. The number of aliphatic carboxylic acids is 1. The van der Waals surface area contributed by atoms with Crippen LogP contribution in [0, 0.1) is 0 Å². The summed E-state index contributed by atoms with van der Waals surface area (Å²) in [4.78, 5) is 22.5. The van der Waals surface area contributed by atoms with E-state index in [-0.39, 0.29) is 5.69 Å². The van der Waals surface area contributed by atoms with Crippen molar-refractivity contribution in [2.45, 2.75) is 18.9 Å². The number of carbonyl (C=O) groups is 2. The van der Waals surface area contributed by atoms with Crippen molar-refractivity contribution in [3.8, 4) is 0 Å². The van der Waals surface area contributed by atoms with Gasteiger partial charge in [-0.05, 0) is 12.8 Å². The van der Waals surface area contributed by atoms with Crippen molar-refractivity contribution >= 4 is 23.6 Å². The third kappa shape index (κ3) is 4.45. The molecule has 0 saturated heterocycles. The van der Waals surface area contributed by atoms with Crippen LogP contribution >= 0.6 is 11.7 Å². The van der Waals surface area contributed by atoms with Gasteiger partial charge in [-0.3, -0.25) is 4.79 Å². The molecule has 1 unspecified atom stereocenters. The second-order valence-electron chi connectivity index (χ2n) is 3.29. The Morgan fingerprint density at radius 3 is 2.94 bits per heavy atom. The average molecular weight is 259 g/mol. The number of amides is 1. The second kappa shape index (κ2) is 6.92. The van der Waals surface area contributed by atoms with E-state index in [4.69, 9.17) is 9.84 Å². The van der Waals surface area contributed by atoms with Crippen LogP contribution in [0.1, 0.15) is 23.3 Å². The second-order valence-corrected chi connectivity index (χ2v) is 3.85. The summed E-state index contributed by atoms with van der Waals surface area (Å²) in [6.45, 7) is 0.456. The Kier molecular flexibility index (Phi) is 5.50. The molecule has 0 fully saturated rings. The molecule has 1 atom stereocenters. The van der Waals surface area contributed by atoms with Gasteiger partial charge in [-0.15, -0.1) is 0 Å². The predicted octanol–water partition coefficient (Wildman–Crippen LogP) is 0.148. The SMILES string of the molecule is COCCCC(NC(=O)c1cnsn1)C(=O)O. The third-order valence-electron chi connectivity index (χ3n) is 2.04. The van der Waals surface area contributed by atoms with Crippen molar-refractivity contribution in [3.05, 3.63) is 11.9 Å². The monoisotopic (exact) mass is 259 g/mol. The number of aromatic nitrogens is 2. The maximum absolute atomic E-state index is 11.6. The molecule has 8 heteroatoms. The zero-order chi connectivity index (χ0) is 12.7. The summed E-state index contributed by atoms with van der Waals surface area (Å²) in [6, 6.07) is -0.931. The first-order valence-corrected chi connectivity index (χ1v) is 5.68. The van der Waals surface area contributed by atoms with Crippen LogP contribution in [0.3, 0.4) is 0 Å². The molecule has 2 N–H and O–H groups in total. The maximum Gasteiger partial charge on any atom is 0.326 e. The fourth-order valence-corrected chi connectivity index (χ4v) is 1.60. The standard InChI is InChI=1S/C9H13N3O4S/c1-16-4-2-3-6(9(14)15)11-8(13)7-5-10-17-12-7/h5-6H,2-4H2,1H3,(H,11,13)(H,14,15). The lowest BCUT2D eigenvalue weighted by atomic mass is 10.1. The van der Waals surface area contributed by atoms with Gasteiger partial charge in [-0.25, -0.2) is 4.79 Å². The molecule has 1 aromatic heterocycles. The van der Waals surface area contributed by atoms with E-state index in [1.807, 2.05) is 0 Å². The molecule has 1 amide bonds. The Bertz CT molecular complexity index is 368. The zero-order valence-electron chi connectivity index (χ0n) is 9.25. The van der Waals surface area contributed by atoms with Crippen LogP contribution in [0.4, 0.5) is 0 Å². The first-order valence-electron chi connectivity index (χ1n) is 4.95. The van der Waals surface area contributed by atoms with Crippen LogP contribution in [-0.4, -0.2) is 45.5 Å². The Labute approximate surface area is 102 Å². The van der Waals surface area contributed by atoms with Crippen LogP contribution in [0.15, 0.2) is 6.20 Å². The number of rotatable bonds is 7. The number of nitrogens with one attached hydrogen (secondary N) is 1. The summed E-state index contributed by atoms with van der Waals surface area (Å²) >= 11 is 0.897. The number of methoxy groups -OCH3 is 1. The summed E-state index contributed by atoms with van der Waals surface area (Å²) in [7, 11) is 1.54. The molecular weight excluding hydrogens is 246 g/mol. The molecule has 7 nitrogen and oxygen atoms in total. The molecule has 0 radical (unpaired) electrons. The first kappa shape index (κ1) is 13.5. The van der Waals surface area contributed by atoms with Crippen LogP contribution < -0.4 is 5.32 Å². The van der Waals surface area contributed by atoms with Crippen molar-refractivity contribution in [1.29, 1.82) is 0 Å². The summed E-state index contributed by atoms with van der Waals surface area (Å²) in [5.41, 5.74) is 0.132. The molecule has 1 aromatic rings. The minimum Gasteiger partial charge on any atom is -0.480 e. The minimum atomic E-state index is -1.07. The lowest BCUT2D eigenvalue weighted by molar-refractivity contribution is -0.139. The van der Waals surface area contributed by atoms with E-state index in [1.54, 1.807) is 0 Å². The zero-order valence-corrected chi connectivity index (χ0v) is 10.1. The molecule has 0 spiro atoms. The van der Waals surface area contributed by atoms with Gasteiger partial charge in [0.05, 0.1) is 17.9 Å². The molecule has 0 aliphatic carbocycles. The largest absolute Gasteiger partial charge is 0.480 e. The lowest BCUT2D eigenvalue weighted by Crippen LogP contribution is -2.41. The molecule has 17 heavy (non-hydrogen) atoms. The Morgan fingerprint density at radius 2 is 2.41 bits per heavy atom. The van der Waals surface area contributed by atoms with Crippen molar-refractivity contribution < 1.29 is 19.4 Å². The quantitative estimate of drug-likeness (QED) is 0.676. The molecule has 0 saturated carbocycles. The lowest BCUT2D eigenvalue weighted by Gasteiger charge is -2.12. The molecule has 0 bridgehead atoms. The fraction of sp³-hybridized carbons (Fsp3) is 0.556. The van der Waals surface area contributed by atoms with Crippen LogP contribution in [0.5, 0.6) is 0 Å². The Balaban J connectivity index is 2.49. The number of hydrogen-bond acceptors (Lipinski definition) is 6. The van der Waals surface area contributed by atoms with Crippen molar-refractivity contribution in [1.82, 2.24) is 14.1 Å². The third-order valence-corrected chi connectivity index (χ3v) is 2.52. The first-order chi connectivity index (χ1) is 8.15. The van der Waals surface area contributed by atoms with Gasteiger partial charge in [0.1, 0.15) is 6.04 Å². The number of carbonyl (C=O) groups excluding carboxylic acids is 1. The van der Waals surface area contributed by atoms with Gasteiger partial charge in [0, 0.05) is 13.7 Å². The smallest absolute Gasteiger partial charge is 0.326 e. The fourth-order valence-electron chi connectivity index (χ4n) is 1.19. The molecule has 94 valence electrons. The molecule has 1 rings (SSSR count). The van der Waals surface area contributed by atoms with Gasteiger partial charge in [0.2, 0.25) is 0 Å². The minimum absolute atomic E-state index is 0.132. The van der Waals surface area contributed by atoms with Gasteiger partial charge in [-0.2, -0.15) is 8.75 Å². The van der Waals surface area contributed by atoms with Crippen LogP contribution in [0.25, 0.3) is 0 Å². The highest BCUT2D eigenvalue weighted by Gasteiger charge is 2.21. The van der Waals surface area contributed by atoms with Crippen LogP contribution in [0.2, 0.25) is 0 Å². The van der Waals surface area contributed by atoms with E-state index < -0.39 is 17.9 Å². The van der Waals surface area contributed by atoms with E-state index in [0.717, 1.165) is 11.7 Å². The van der Waals surface area contributed by atoms with Crippen molar-refractivity contribution in [2.24, 2.45) is 0 Å². The summed E-state index contributed by atoms with van der Waals surface area (Å²) in [6.07, 6.45) is 2.17. The summed E-state index contributed by atoms with van der Waals surface area (Å²) < 4.78 is 12.2. The van der Waals surface area contributed by atoms with Crippen LogP contribution in [-0.2, 0) is 9.53 Å². The molecule has 0 aromatic carbocycles. The van der Waals surface area contributed by atoms with Gasteiger partial charge in [-0.1, -0.05) is 0 Å². The van der Waals surface area contributed by atoms with E-state index in [1.165, 1.54) is 13.3 Å². The molecule has 0 aliphatic rings. The summed E-state index contributed by atoms with van der Waals surface area (Å²) in [5.74, 6) is -1.60. The van der Waals surface area contributed by atoms with E-state index in [9.17, 15) is 9.59 Å². The van der Waals surface area contributed by atoms with Crippen molar-refractivity contribution in [3.63, 3.8) is 0 Å². The summed E-state index contributed by atoms with van der Waals surface area (Å²) in [5, 5.41) is 11.3. The van der Waals surface area contributed by atoms with E-state index in [0.29, 0.717) is 19.4 Å². The Hall–Kier alpha value is -1.54. The highest BCUT2D eigenvalue weighted by Crippen LogP contribution is 2.01. The highest BCUT2D eigenvalue weighted by atomic mass is 32.1. The average Bonchev–Trinajstić information content (AvgIpc) is 2.81. The predicted molar refractivity (Wildman–Crippen MR) is 59.9 cm³/mol. The van der Waals surface area contributed by atoms with Crippen molar-refractivity contribution in [2.75, 3.05) is 13.7 Å². The number of ether oxygens (including phenoxy) is 1. The van der Waals surface area contributed by atoms with Gasteiger partial charge in [0.25, 0.3) is 5.91 Å². The molecular formula is C9H13N3O4S. The number of carboxylic acid groups (broad SMARTS) is 1. The number of hydrogen-bond donors (Lipinski definition) is 2. The normalized spacial score (nSPS) is 12.1.